The number of nitrogen functional groups attached to an aromatic ring is 1. The second-order valence-electron chi connectivity index (χ2n) is 6.24. The molecule has 5 heteroatoms. The molecule has 1 amide bonds. The van der Waals surface area contributed by atoms with Gasteiger partial charge in [0.05, 0.1) is 6.04 Å². The molecule has 2 aromatic rings. The lowest BCUT2D eigenvalue weighted by molar-refractivity contribution is 0.0927. The molecule has 0 spiro atoms. The first kappa shape index (κ1) is 14.6. The highest BCUT2D eigenvalue weighted by Crippen LogP contribution is 2.31. The summed E-state index contributed by atoms with van der Waals surface area (Å²) >= 11 is 0. The van der Waals surface area contributed by atoms with Crippen molar-refractivity contribution in [3.8, 4) is 0 Å². The molecule has 4 N–H and O–H groups in total. The Kier molecular flexibility index (Phi) is 3.88. The summed E-state index contributed by atoms with van der Waals surface area (Å²) in [5, 5.41) is 10.1. The summed E-state index contributed by atoms with van der Waals surface area (Å²) in [7, 11) is 0. The molecule has 1 aromatic carbocycles. The Bertz CT molecular complexity index is 690. The van der Waals surface area contributed by atoms with Gasteiger partial charge in [0.15, 0.2) is 0 Å². The van der Waals surface area contributed by atoms with Crippen LogP contribution in [0.15, 0.2) is 24.3 Å². The summed E-state index contributed by atoms with van der Waals surface area (Å²) in [5.41, 5.74) is 10.5. The van der Waals surface area contributed by atoms with Crippen LogP contribution in [0.5, 0.6) is 0 Å². The van der Waals surface area contributed by atoms with Crippen LogP contribution in [-0.4, -0.2) is 16.1 Å². The third-order valence-corrected chi connectivity index (χ3v) is 4.24. The number of carbonyl (C=O) groups excluding carboxylic acids is 1. The third-order valence-electron chi connectivity index (χ3n) is 4.24. The molecule has 1 heterocycles. The first-order valence-corrected chi connectivity index (χ1v) is 7.79. The number of fused-ring (bicyclic) bond motifs is 1. The Morgan fingerprint density at radius 3 is 2.95 bits per heavy atom. The minimum Gasteiger partial charge on any atom is -0.399 e. The minimum absolute atomic E-state index is 0.0380. The molecule has 0 saturated carbocycles. The maximum absolute atomic E-state index is 12.4. The first-order chi connectivity index (χ1) is 10.5. The highest BCUT2D eigenvalue weighted by molar-refractivity contribution is 5.92. The maximum atomic E-state index is 12.4. The number of aromatic nitrogens is 2. The summed E-state index contributed by atoms with van der Waals surface area (Å²) in [4.78, 5) is 12.4. The Balaban J connectivity index is 1.77. The van der Waals surface area contributed by atoms with Crippen molar-refractivity contribution in [2.75, 3.05) is 5.73 Å². The van der Waals surface area contributed by atoms with E-state index in [4.69, 9.17) is 5.73 Å². The Morgan fingerprint density at radius 1 is 1.41 bits per heavy atom. The minimum atomic E-state index is -0.127. The lowest BCUT2D eigenvalue weighted by Crippen LogP contribution is -2.31. The molecular weight excluding hydrogens is 276 g/mol. The number of nitrogens with zero attached hydrogens (tertiary/aromatic N) is 1. The van der Waals surface area contributed by atoms with Crippen molar-refractivity contribution in [3.63, 3.8) is 0 Å². The van der Waals surface area contributed by atoms with E-state index in [1.807, 2.05) is 24.3 Å². The average Bonchev–Trinajstić information content (AvgIpc) is 2.97. The lowest BCUT2D eigenvalue weighted by Gasteiger charge is -2.26. The number of amides is 1. The van der Waals surface area contributed by atoms with E-state index < -0.39 is 0 Å². The molecule has 0 radical (unpaired) electrons. The number of nitrogens with one attached hydrogen (secondary N) is 2. The molecule has 0 fully saturated rings. The summed E-state index contributed by atoms with van der Waals surface area (Å²) in [5.74, 6) is 0.199. The molecule has 1 aromatic heterocycles. The van der Waals surface area contributed by atoms with E-state index in [9.17, 15) is 4.79 Å². The fourth-order valence-corrected chi connectivity index (χ4v) is 2.97. The van der Waals surface area contributed by atoms with Crippen LogP contribution in [0.25, 0.3) is 0 Å². The Hall–Kier alpha value is -2.30. The molecule has 116 valence electrons. The van der Waals surface area contributed by atoms with Gasteiger partial charge in [0, 0.05) is 11.4 Å². The number of nitrogens with two attached hydrogens (primary N) is 1. The molecule has 0 saturated heterocycles. The quantitative estimate of drug-likeness (QED) is 0.762. The number of rotatable bonds is 3. The summed E-state index contributed by atoms with van der Waals surface area (Å²) in [6.07, 6.45) is 3.02. The SMILES string of the molecule is CC(C)c1cc(C(=O)NC2CCCc3cc(N)ccc32)n[nH]1. The average molecular weight is 298 g/mol. The molecule has 0 aliphatic heterocycles. The van der Waals surface area contributed by atoms with Gasteiger partial charge in [-0.25, -0.2) is 0 Å². The van der Waals surface area contributed by atoms with Crippen LogP contribution in [-0.2, 0) is 6.42 Å². The number of hydrogen-bond acceptors (Lipinski definition) is 3. The number of anilines is 1. The van der Waals surface area contributed by atoms with Crippen molar-refractivity contribution in [2.45, 2.75) is 45.1 Å². The van der Waals surface area contributed by atoms with Crippen molar-refractivity contribution in [2.24, 2.45) is 0 Å². The van der Waals surface area contributed by atoms with Crippen LogP contribution in [0.1, 0.15) is 66.0 Å². The molecule has 5 nitrogen and oxygen atoms in total. The van der Waals surface area contributed by atoms with Gasteiger partial charge in [-0.2, -0.15) is 5.10 Å². The fourth-order valence-electron chi connectivity index (χ4n) is 2.97. The maximum Gasteiger partial charge on any atom is 0.272 e. The normalized spacial score (nSPS) is 17.3. The monoisotopic (exact) mass is 298 g/mol. The molecule has 0 bridgehead atoms. The first-order valence-electron chi connectivity index (χ1n) is 7.79. The highest BCUT2D eigenvalue weighted by atomic mass is 16.2. The van der Waals surface area contributed by atoms with E-state index in [1.54, 1.807) is 0 Å². The number of aromatic amines is 1. The number of benzene rings is 1. The van der Waals surface area contributed by atoms with Crippen molar-refractivity contribution in [1.82, 2.24) is 15.5 Å². The van der Waals surface area contributed by atoms with Gasteiger partial charge >= 0.3 is 0 Å². The number of hydrogen-bond donors (Lipinski definition) is 3. The van der Waals surface area contributed by atoms with Gasteiger partial charge in [-0.05, 0) is 54.5 Å². The van der Waals surface area contributed by atoms with Crippen LogP contribution in [0.3, 0.4) is 0 Å². The predicted octanol–water partition coefficient (Wildman–Crippen LogP) is 2.92. The number of aryl methyl sites for hydroxylation is 1. The van der Waals surface area contributed by atoms with E-state index in [0.717, 1.165) is 30.6 Å². The van der Waals surface area contributed by atoms with Gasteiger partial charge in [-0.15, -0.1) is 0 Å². The highest BCUT2D eigenvalue weighted by Gasteiger charge is 2.23. The zero-order valence-electron chi connectivity index (χ0n) is 13.0. The Labute approximate surface area is 130 Å². The summed E-state index contributed by atoms with van der Waals surface area (Å²) in [6.45, 7) is 4.13. The second kappa shape index (κ2) is 5.83. The smallest absolute Gasteiger partial charge is 0.272 e. The van der Waals surface area contributed by atoms with Crippen molar-refractivity contribution < 1.29 is 4.79 Å². The zero-order valence-corrected chi connectivity index (χ0v) is 13.0. The van der Waals surface area contributed by atoms with Crippen LogP contribution in [0.4, 0.5) is 5.69 Å². The van der Waals surface area contributed by atoms with E-state index in [-0.39, 0.29) is 11.9 Å². The van der Waals surface area contributed by atoms with Gasteiger partial charge in [-0.1, -0.05) is 19.9 Å². The second-order valence-corrected chi connectivity index (χ2v) is 6.24. The van der Waals surface area contributed by atoms with E-state index in [2.05, 4.69) is 29.4 Å². The molecule has 22 heavy (non-hydrogen) atoms. The summed E-state index contributed by atoms with van der Waals surface area (Å²) < 4.78 is 0. The van der Waals surface area contributed by atoms with Crippen molar-refractivity contribution in [1.29, 1.82) is 0 Å². The zero-order chi connectivity index (χ0) is 15.7. The molecule has 1 aliphatic rings. The van der Waals surface area contributed by atoms with Crippen LogP contribution < -0.4 is 11.1 Å². The fraction of sp³-hybridized carbons (Fsp3) is 0.412. The van der Waals surface area contributed by atoms with Gasteiger partial charge in [-0.3, -0.25) is 9.89 Å². The van der Waals surface area contributed by atoms with E-state index in [1.165, 1.54) is 11.1 Å². The third kappa shape index (κ3) is 2.84. The molecular formula is C17H22N4O. The largest absolute Gasteiger partial charge is 0.399 e. The van der Waals surface area contributed by atoms with Crippen LogP contribution in [0, 0.1) is 0 Å². The lowest BCUT2D eigenvalue weighted by atomic mass is 9.87. The van der Waals surface area contributed by atoms with Crippen molar-refractivity contribution >= 4 is 11.6 Å². The van der Waals surface area contributed by atoms with Gasteiger partial charge < -0.3 is 11.1 Å². The van der Waals surface area contributed by atoms with Crippen LogP contribution >= 0.6 is 0 Å². The van der Waals surface area contributed by atoms with Gasteiger partial charge in [0.25, 0.3) is 5.91 Å². The molecule has 1 atom stereocenters. The number of carbonyl (C=O) groups is 1. The summed E-state index contributed by atoms with van der Waals surface area (Å²) in [6, 6.07) is 7.80. The van der Waals surface area contributed by atoms with Gasteiger partial charge in [0.2, 0.25) is 0 Å². The van der Waals surface area contributed by atoms with Crippen LogP contribution in [0.2, 0.25) is 0 Å². The topological polar surface area (TPSA) is 83.8 Å². The van der Waals surface area contributed by atoms with E-state index >= 15 is 0 Å². The van der Waals surface area contributed by atoms with Crippen molar-refractivity contribution in [3.05, 3.63) is 46.8 Å². The standard InChI is InChI=1S/C17H22N4O/c1-10(2)15-9-16(21-20-15)17(22)19-14-5-3-4-11-8-12(18)6-7-13(11)14/h6-10,14H,3-5,18H2,1-2H3,(H,19,22)(H,20,21). The molecule has 1 unspecified atom stereocenters. The molecule has 1 aliphatic carbocycles. The Morgan fingerprint density at radius 2 is 2.23 bits per heavy atom. The molecule has 3 rings (SSSR count). The van der Waals surface area contributed by atoms with E-state index in [0.29, 0.717) is 11.6 Å². The number of H-pyrrole nitrogens is 1. The van der Waals surface area contributed by atoms with Gasteiger partial charge in [0.1, 0.15) is 5.69 Å². The predicted molar refractivity (Wildman–Crippen MR) is 86.7 cm³/mol.